The molecule has 3 rings (SSSR count). The number of benzene rings is 2. The van der Waals surface area contributed by atoms with E-state index in [0.29, 0.717) is 0 Å². The number of aromatic nitrogens is 2. The molecule has 13 heteroatoms. The maximum absolute atomic E-state index is 12.6. The van der Waals surface area contributed by atoms with Gasteiger partial charge >= 0.3 is 5.69 Å². The Kier molecular flexibility index (Phi) is 8.74. The highest BCUT2D eigenvalue weighted by Crippen LogP contribution is 2.16. The fourth-order valence-corrected chi connectivity index (χ4v) is 5.22. The van der Waals surface area contributed by atoms with Gasteiger partial charge in [0.2, 0.25) is 0 Å². The SMILES string of the molecule is Cc1ccc(S(=O)(=O)OCCN(CCOS(=O)(=O)c2ccc(C)cc2)c2cc(=O)n(C)c(=O)n2C)cc1. The molecule has 0 aliphatic heterocycles. The highest BCUT2D eigenvalue weighted by atomic mass is 32.2. The van der Waals surface area contributed by atoms with Crippen LogP contribution in [-0.4, -0.2) is 52.3 Å². The topological polar surface area (TPSA) is 134 Å². The fraction of sp³-hybridized carbons (Fsp3) is 0.333. The van der Waals surface area contributed by atoms with Gasteiger partial charge in [-0.2, -0.15) is 16.8 Å². The second-order valence-electron chi connectivity index (χ2n) is 8.41. The first-order valence-corrected chi connectivity index (χ1v) is 14.1. The minimum absolute atomic E-state index is 0.0156. The van der Waals surface area contributed by atoms with Crippen LogP contribution < -0.4 is 16.1 Å². The van der Waals surface area contributed by atoms with E-state index < -0.39 is 31.5 Å². The summed E-state index contributed by atoms with van der Waals surface area (Å²) < 4.78 is 62.7. The van der Waals surface area contributed by atoms with E-state index in [4.69, 9.17) is 8.37 Å². The number of hydrogen-bond acceptors (Lipinski definition) is 9. The number of rotatable bonds is 11. The fourth-order valence-electron chi connectivity index (χ4n) is 3.43. The van der Waals surface area contributed by atoms with Gasteiger partial charge in [-0.25, -0.2) is 4.79 Å². The lowest BCUT2D eigenvalue weighted by Gasteiger charge is -2.26. The maximum Gasteiger partial charge on any atom is 0.332 e. The van der Waals surface area contributed by atoms with Crippen molar-refractivity contribution in [2.45, 2.75) is 23.6 Å². The molecule has 0 amide bonds. The maximum atomic E-state index is 12.6. The zero-order valence-electron chi connectivity index (χ0n) is 20.9. The normalized spacial score (nSPS) is 12.0. The minimum atomic E-state index is -4.06. The lowest BCUT2D eigenvalue weighted by molar-refractivity contribution is 0.305. The molecule has 0 aliphatic carbocycles. The molecule has 200 valence electrons. The molecule has 37 heavy (non-hydrogen) atoms. The first-order valence-electron chi connectivity index (χ1n) is 11.3. The van der Waals surface area contributed by atoms with Crippen LogP contribution in [0.1, 0.15) is 11.1 Å². The molecule has 0 spiro atoms. The molecular formula is C24H29N3O8S2. The second kappa shape index (κ2) is 11.4. The molecule has 1 heterocycles. The zero-order chi connectivity index (χ0) is 27.4. The van der Waals surface area contributed by atoms with Crippen molar-refractivity contribution in [3.8, 4) is 0 Å². The molecular weight excluding hydrogens is 522 g/mol. The second-order valence-corrected chi connectivity index (χ2v) is 11.6. The van der Waals surface area contributed by atoms with Crippen molar-refractivity contribution in [3.05, 3.63) is 86.6 Å². The van der Waals surface area contributed by atoms with Gasteiger partial charge in [-0.15, -0.1) is 0 Å². The van der Waals surface area contributed by atoms with Crippen molar-refractivity contribution in [1.29, 1.82) is 0 Å². The molecule has 0 saturated heterocycles. The lowest BCUT2D eigenvalue weighted by atomic mass is 10.2. The van der Waals surface area contributed by atoms with Crippen molar-refractivity contribution in [2.75, 3.05) is 31.2 Å². The predicted octanol–water partition coefficient (Wildman–Crippen LogP) is 1.32. The molecule has 11 nitrogen and oxygen atoms in total. The Balaban J connectivity index is 1.79. The Hall–Kier alpha value is -3.26. The number of aryl methyl sites for hydroxylation is 2. The largest absolute Gasteiger partial charge is 0.353 e. The molecule has 2 aromatic carbocycles. The van der Waals surface area contributed by atoms with Gasteiger partial charge in [-0.3, -0.25) is 22.3 Å². The average molecular weight is 552 g/mol. The molecule has 0 N–H and O–H groups in total. The molecule has 0 fully saturated rings. The van der Waals surface area contributed by atoms with Gasteiger partial charge in [0.15, 0.2) is 0 Å². The summed E-state index contributed by atoms with van der Waals surface area (Å²) in [6, 6.07) is 13.5. The molecule has 0 radical (unpaired) electrons. The van der Waals surface area contributed by atoms with Gasteiger partial charge in [-0.05, 0) is 38.1 Å². The van der Waals surface area contributed by atoms with E-state index in [1.165, 1.54) is 53.9 Å². The summed E-state index contributed by atoms with van der Waals surface area (Å²) in [7, 11) is -5.35. The highest BCUT2D eigenvalue weighted by molar-refractivity contribution is 7.87. The van der Waals surface area contributed by atoms with E-state index in [-0.39, 0.29) is 41.9 Å². The third-order valence-corrected chi connectivity index (χ3v) is 8.30. The predicted molar refractivity (Wildman–Crippen MR) is 138 cm³/mol. The van der Waals surface area contributed by atoms with Crippen molar-refractivity contribution in [3.63, 3.8) is 0 Å². The standard InChI is InChI=1S/C24H29N3O8S2/c1-18-5-9-20(10-6-18)36(30,31)34-15-13-27(22-17-23(28)26(4)24(29)25(22)3)14-16-35-37(32,33)21-11-7-19(2)8-12-21/h5-12,17H,13-16H2,1-4H3. The summed E-state index contributed by atoms with van der Waals surface area (Å²) in [5, 5.41) is 0. The van der Waals surface area contributed by atoms with Crippen LogP contribution in [0.25, 0.3) is 0 Å². The molecule has 0 atom stereocenters. The Bertz CT molecular complexity index is 1490. The summed E-state index contributed by atoms with van der Waals surface area (Å²) in [4.78, 5) is 26.2. The van der Waals surface area contributed by atoms with Crippen molar-refractivity contribution in [1.82, 2.24) is 9.13 Å². The van der Waals surface area contributed by atoms with Crippen LogP contribution in [0.2, 0.25) is 0 Å². The lowest BCUT2D eigenvalue weighted by Crippen LogP contribution is -2.42. The molecule has 1 aromatic heterocycles. The van der Waals surface area contributed by atoms with Crippen molar-refractivity contribution >= 4 is 26.1 Å². The third-order valence-electron chi connectivity index (χ3n) is 5.64. The van der Waals surface area contributed by atoms with Gasteiger partial charge in [0, 0.05) is 33.3 Å². The highest BCUT2D eigenvalue weighted by Gasteiger charge is 2.20. The van der Waals surface area contributed by atoms with E-state index in [2.05, 4.69) is 0 Å². The molecule has 0 bridgehead atoms. The van der Waals surface area contributed by atoms with Crippen LogP contribution in [0.4, 0.5) is 5.82 Å². The molecule has 3 aromatic rings. The van der Waals surface area contributed by atoms with Gasteiger partial charge in [0.25, 0.3) is 25.8 Å². The summed E-state index contributed by atoms with van der Waals surface area (Å²) in [5.74, 6) is 0.153. The van der Waals surface area contributed by atoms with Crippen LogP contribution in [-0.2, 0) is 42.7 Å². The van der Waals surface area contributed by atoms with E-state index in [0.717, 1.165) is 15.7 Å². The first kappa shape index (κ1) is 28.3. The van der Waals surface area contributed by atoms with Crippen molar-refractivity contribution < 1.29 is 25.2 Å². The molecule has 0 saturated carbocycles. The average Bonchev–Trinajstić information content (AvgIpc) is 2.84. The monoisotopic (exact) mass is 551 g/mol. The summed E-state index contributed by atoms with van der Waals surface area (Å²) in [5.41, 5.74) is 0.591. The first-order chi connectivity index (χ1) is 17.3. The number of nitrogens with zero attached hydrogens (tertiary/aromatic N) is 3. The third kappa shape index (κ3) is 6.95. The quantitative estimate of drug-likeness (QED) is 0.323. The van der Waals surface area contributed by atoms with Crippen LogP contribution in [0.15, 0.2) is 74.0 Å². The summed E-state index contributed by atoms with van der Waals surface area (Å²) in [6.07, 6.45) is 0. The molecule has 0 unspecified atom stereocenters. The Labute approximate surface area is 215 Å². The van der Waals surface area contributed by atoms with E-state index in [9.17, 15) is 26.4 Å². The van der Waals surface area contributed by atoms with Gasteiger partial charge in [0.1, 0.15) is 5.82 Å². The van der Waals surface area contributed by atoms with Gasteiger partial charge in [0.05, 0.1) is 23.0 Å². The van der Waals surface area contributed by atoms with E-state index >= 15 is 0 Å². The number of hydrogen-bond donors (Lipinski definition) is 0. The molecule has 0 aliphatic rings. The van der Waals surface area contributed by atoms with E-state index in [1.807, 2.05) is 13.8 Å². The summed E-state index contributed by atoms with van der Waals surface area (Å²) in [6.45, 7) is 2.82. The smallest absolute Gasteiger partial charge is 0.332 e. The zero-order valence-corrected chi connectivity index (χ0v) is 22.6. The summed E-state index contributed by atoms with van der Waals surface area (Å²) >= 11 is 0. The number of anilines is 1. The van der Waals surface area contributed by atoms with Crippen LogP contribution in [0.5, 0.6) is 0 Å². The Morgan fingerprint density at radius 2 is 1.11 bits per heavy atom. The Morgan fingerprint density at radius 1 is 0.703 bits per heavy atom. The van der Waals surface area contributed by atoms with Crippen LogP contribution in [0.3, 0.4) is 0 Å². The van der Waals surface area contributed by atoms with Crippen LogP contribution in [0, 0.1) is 13.8 Å². The van der Waals surface area contributed by atoms with Crippen molar-refractivity contribution in [2.24, 2.45) is 14.1 Å². The van der Waals surface area contributed by atoms with Gasteiger partial charge in [-0.1, -0.05) is 35.4 Å². The van der Waals surface area contributed by atoms with Crippen LogP contribution >= 0.6 is 0 Å². The van der Waals surface area contributed by atoms with E-state index in [1.54, 1.807) is 24.3 Å². The van der Waals surface area contributed by atoms with Gasteiger partial charge < -0.3 is 4.90 Å². The minimum Gasteiger partial charge on any atom is -0.353 e. The Morgan fingerprint density at radius 3 is 1.51 bits per heavy atom.